The lowest BCUT2D eigenvalue weighted by Gasteiger charge is -2.40. The Morgan fingerprint density at radius 3 is 2.63 bits per heavy atom. The molecule has 0 aromatic carbocycles. The lowest BCUT2D eigenvalue weighted by molar-refractivity contribution is 0.00702. The maximum atomic E-state index is 11.7. The largest absolute Gasteiger partial charge is 0.444 e. The van der Waals surface area contributed by atoms with Gasteiger partial charge in [-0.05, 0) is 20.8 Å². The quantitative estimate of drug-likeness (QED) is 0.431. The maximum absolute atomic E-state index is 11.7. The highest BCUT2D eigenvalue weighted by Crippen LogP contribution is 2.14. The number of terminal acetylenes is 1. The molecule has 6 nitrogen and oxygen atoms in total. The molecule has 0 radical (unpaired) electrons. The number of carbonyl (C=O) groups is 1. The molecular formula is C13H22N4O2. The van der Waals surface area contributed by atoms with Crippen LogP contribution in [0.2, 0.25) is 0 Å². The number of ether oxygens (including phenoxy) is 1. The van der Waals surface area contributed by atoms with Gasteiger partial charge in [-0.1, -0.05) is 5.92 Å². The van der Waals surface area contributed by atoms with E-state index in [1.54, 1.807) is 11.9 Å². The van der Waals surface area contributed by atoms with Crippen LogP contribution in [0.4, 0.5) is 4.79 Å². The van der Waals surface area contributed by atoms with Crippen LogP contribution in [-0.4, -0.2) is 55.3 Å². The van der Waals surface area contributed by atoms with E-state index in [0.717, 1.165) is 0 Å². The third-order valence-electron chi connectivity index (χ3n) is 2.46. The summed E-state index contributed by atoms with van der Waals surface area (Å²) >= 11 is 0. The molecule has 0 unspecified atom stereocenters. The molecule has 1 amide bonds. The van der Waals surface area contributed by atoms with Gasteiger partial charge in [0.2, 0.25) is 0 Å². The molecule has 1 fully saturated rings. The summed E-state index contributed by atoms with van der Waals surface area (Å²) in [5.41, 5.74) is -0.458. The van der Waals surface area contributed by atoms with Gasteiger partial charge >= 0.3 is 6.09 Å². The number of guanidine groups is 1. The zero-order valence-electron chi connectivity index (χ0n) is 12.0. The van der Waals surface area contributed by atoms with Crippen molar-refractivity contribution in [3.8, 4) is 12.3 Å². The van der Waals surface area contributed by atoms with Crippen LogP contribution in [0.5, 0.6) is 0 Å². The summed E-state index contributed by atoms with van der Waals surface area (Å²) in [7, 11) is 1.68. The number of hydrogen-bond donors (Lipinski definition) is 2. The molecule has 1 saturated heterocycles. The zero-order valence-corrected chi connectivity index (χ0v) is 12.0. The van der Waals surface area contributed by atoms with Crippen molar-refractivity contribution in [3.05, 3.63) is 0 Å². The predicted molar refractivity (Wildman–Crippen MR) is 74.9 cm³/mol. The van der Waals surface area contributed by atoms with Crippen molar-refractivity contribution < 1.29 is 9.53 Å². The molecule has 1 aliphatic rings. The van der Waals surface area contributed by atoms with Gasteiger partial charge in [0.1, 0.15) is 5.60 Å². The van der Waals surface area contributed by atoms with Gasteiger partial charge in [0.15, 0.2) is 5.96 Å². The van der Waals surface area contributed by atoms with Crippen LogP contribution in [0, 0.1) is 12.3 Å². The lowest BCUT2D eigenvalue weighted by atomic mass is 10.1. The first kappa shape index (κ1) is 15.2. The Labute approximate surface area is 114 Å². The smallest absolute Gasteiger partial charge is 0.410 e. The molecule has 6 heteroatoms. The van der Waals surface area contributed by atoms with E-state index in [4.69, 9.17) is 11.2 Å². The summed E-state index contributed by atoms with van der Waals surface area (Å²) in [6.07, 6.45) is 4.88. The van der Waals surface area contributed by atoms with E-state index in [2.05, 4.69) is 21.5 Å². The van der Waals surface area contributed by atoms with Crippen molar-refractivity contribution in [3.63, 3.8) is 0 Å². The molecule has 0 aromatic rings. The van der Waals surface area contributed by atoms with E-state index in [0.29, 0.717) is 25.6 Å². The first-order valence-electron chi connectivity index (χ1n) is 6.24. The van der Waals surface area contributed by atoms with Gasteiger partial charge in [0.05, 0.1) is 12.6 Å². The molecule has 2 N–H and O–H groups in total. The summed E-state index contributed by atoms with van der Waals surface area (Å²) in [5.74, 6) is 3.12. The molecule has 0 bridgehead atoms. The molecule has 0 aliphatic carbocycles. The summed E-state index contributed by atoms with van der Waals surface area (Å²) in [4.78, 5) is 17.4. The minimum absolute atomic E-state index is 0.177. The van der Waals surface area contributed by atoms with Crippen LogP contribution in [-0.2, 0) is 4.74 Å². The number of nitrogens with zero attached hydrogens (tertiary/aromatic N) is 2. The van der Waals surface area contributed by atoms with Gasteiger partial charge in [-0.15, -0.1) is 6.42 Å². The number of nitrogens with one attached hydrogen (secondary N) is 2. The molecule has 1 heterocycles. The third-order valence-corrected chi connectivity index (χ3v) is 2.46. The highest BCUT2D eigenvalue weighted by molar-refractivity contribution is 5.80. The SMILES string of the molecule is C#CCNC(=NC)NC1CN(C(=O)OC(C)(C)C)C1. The van der Waals surface area contributed by atoms with Crippen LogP contribution in [0.15, 0.2) is 4.99 Å². The Bertz CT molecular complexity index is 386. The second-order valence-electron chi connectivity index (χ2n) is 5.36. The van der Waals surface area contributed by atoms with E-state index in [1.807, 2.05) is 20.8 Å². The van der Waals surface area contributed by atoms with Crippen LogP contribution in [0.1, 0.15) is 20.8 Å². The van der Waals surface area contributed by atoms with Gasteiger partial charge in [0, 0.05) is 20.1 Å². The number of amides is 1. The first-order valence-corrected chi connectivity index (χ1v) is 6.24. The average Bonchev–Trinajstić information content (AvgIpc) is 2.24. The molecule has 1 aliphatic heterocycles. The topological polar surface area (TPSA) is 66.0 Å². The highest BCUT2D eigenvalue weighted by Gasteiger charge is 2.33. The van der Waals surface area contributed by atoms with Crippen molar-refractivity contribution in [2.45, 2.75) is 32.4 Å². The third kappa shape index (κ3) is 5.08. The summed E-state index contributed by atoms with van der Waals surface area (Å²) < 4.78 is 5.27. The summed E-state index contributed by atoms with van der Waals surface area (Å²) in [5, 5.41) is 6.15. The highest BCUT2D eigenvalue weighted by atomic mass is 16.6. The number of hydrogen-bond acceptors (Lipinski definition) is 3. The van der Waals surface area contributed by atoms with Crippen LogP contribution >= 0.6 is 0 Å². The van der Waals surface area contributed by atoms with E-state index in [1.165, 1.54) is 0 Å². The van der Waals surface area contributed by atoms with Gasteiger partial charge in [-0.2, -0.15) is 0 Å². The summed E-state index contributed by atoms with van der Waals surface area (Å²) in [6.45, 7) is 7.18. The van der Waals surface area contributed by atoms with Crippen molar-refractivity contribution in [1.29, 1.82) is 0 Å². The Kier molecular flexibility index (Phi) is 5.04. The van der Waals surface area contributed by atoms with Gasteiger partial charge < -0.3 is 20.3 Å². The van der Waals surface area contributed by atoms with Crippen molar-refractivity contribution in [2.75, 3.05) is 26.7 Å². The molecular weight excluding hydrogens is 244 g/mol. The monoisotopic (exact) mass is 266 g/mol. The number of rotatable bonds is 2. The fourth-order valence-electron chi connectivity index (χ4n) is 1.57. The van der Waals surface area contributed by atoms with E-state index < -0.39 is 5.60 Å². The molecule has 0 atom stereocenters. The molecule has 0 saturated carbocycles. The Morgan fingerprint density at radius 1 is 1.53 bits per heavy atom. The second kappa shape index (κ2) is 6.32. The average molecular weight is 266 g/mol. The van der Waals surface area contributed by atoms with Crippen molar-refractivity contribution >= 4 is 12.1 Å². The lowest BCUT2D eigenvalue weighted by Crippen LogP contribution is -2.63. The molecule has 19 heavy (non-hydrogen) atoms. The normalized spacial score (nSPS) is 16.4. The van der Waals surface area contributed by atoms with Crippen LogP contribution < -0.4 is 10.6 Å². The number of aliphatic imine (C=N–C) groups is 1. The van der Waals surface area contributed by atoms with E-state index in [9.17, 15) is 4.79 Å². The number of carbonyl (C=O) groups excluding carboxylic acids is 1. The van der Waals surface area contributed by atoms with Crippen molar-refractivity contribution in [1.82, 2.24) is 15.5 Å². The van der Waals surface area contributed by atoms with Crippen molar-refractivity contribution in [2.24, 2.45) is 4.99 Å². The van der Waals surface area contributed by atoms with Gasteiger partial charge in [-0.3, -0.25) is 4.99 Å². The van der Waals surface area contributed by atoms with Gasteiger partial charge in [-0.25, -0.2) is 4.79 Å². The predicted octanol–water partition coefficient (Wildman–Crippen LogP) is 0.404. The van der Waals surface area contributed by atoms with E-state index in [-0.39, 0.29) is 12.1 Å². The Morgan fingerprint density at radius 2 is 2.16 bits per heavy atom. The first-order chi connectivity index (χ1) is 8.85. The van der Waals surface area contributed by atoms with Crippen LogP contribution in [0.25, 0.3) is 0 Å². The Hall–Kier alpha value is -1.90. The fourth-order valence-corrected chi connectivity index (χ4v) is 1.57. The number of likely N-dealkylation sites (tertiary alicyclic amines) is 1. The summed E-state index contributed by atoms with van der Waals surface area (Å²) in [6, 6.07) is 0.177. The van der Waals surface area contributed by atoms with Gasteiger partial charge in [0.25, 0.3) is 0 Å². The maximum Gasteiger partial charge on any atom is 0.410 e. The molecule has 0 spiro atoms. The molecule has 1 rings (SSSR count). The fraction of sp³-hybridized carbons (Fsp3) is 0.692. The molecule has 0 aromatic heterocycles. The van der Waals surface area contributed by atoms with E-state index >= 15 is 0 Å². The second-order valence-corrected chi connectivity index (χ2v) is 5.36. The van der Waals surface area contributed by atoms with Crippen LogP contribution in [0.3, 0.4) is 0 Å². The Balaban J connectivity index is 2.30. The minimum atomic E-state index is -0.458. The zero-order chi connectivity index (χ0) is 14.5. The standard InChI is InChI=1S/C13H22N4O2/c1-6-7-15-11(14-5)16-10-8-17(9-10)12(18)19-13(2,3)4/h1,10H,7-9H2,2-5H3,(H2,14,15,16). The molecule has 106 valence electrons. The minimum Gasteiger partial charge on any atom is -0.444 e.